The van der Waals surface area contributed by atoms with E-state index >= 15 is 0 Å². The van der Waals surface area contributed by atoms with Gasteiger partial charge in [-0.3, -0.25) is 0 Å². The van der Waals surface area contributed by atoms with Crippen LogP contribution in [0.1, 0.15) is 16.7 Å². The van der Waals surface area contributed by atoms with Crippen LogP contribution in [0.5, 0.6) is 0 Å². The SMILES string of the molecule is Cc1ccc(C(CO)(CO)Cc2ccc(F)c(Cl)c2)cc1. The maximum Gasteiger partial charge on any atom is 0.141 e. The first kappa shape index (κ1) is 16.0. The lowest BCUT2D eigenvalue weighted by molar-refractivity contribution is 0.116. The number of hydrogen-bond donors (Lipinski definition) is 2. The zero-order chi connectivity index (χ0) is 15.5. The minimum atomic E-state index is -0.811. The van der Waals surface area contributed by atoms with Gasteiger partial charge in [-0.1, -0.05) is 47.5 Å². The normalized spacial score (nSPS) is 11.7. The summed E-state index contributed by atoms with van der Waals surface area (Å²) in [5, 5.41) is 19.7. The van der Waals surface area contributed by atoms with Crippen LogP contribution in [-0.4, -0.2) is 23.4 Å². The second-order valence-electron chi connectivity index (χ2n) is 5.39. The molecule has 0 fully saturated rings. The fraction of sp³-hybridized carbons (Fsp3) is 0.294. The Morgan fingerprint density at radius 2 is 1.67 bits per heavy atom. The quantitative estimate of drug-likeness (QED) is 0.890. The predicted octanol–water partition coefficient (Wildman–Crippen LogP) is 3.25. The minimum Gasteiger partial charge on any atom is -0.395 e. The van der Waals surface area contributed by atoms with E-state index in [0.717, 1.165) is 16.7 Å². The molecule has 0 aliphatic carbocycles. The molecule has 4 heteroatoms. The number of aliphatic hydroxyl groups is 2. The van der Waals surface area contributed by atoms with E-state index in [2.05, 4.69) is 0 Å². The first-order valence-corrected chi connectivity index (χ1v) is 7.11. The van der Waals surface area contributed by atoms with Crippen LogP contribution in [-0.2, 0) is 11.8 Å². The number of benzene rings is 2. The molecule has 2 aromatic carbocycles. The summed E-state index contributed by atoms with van der Waals surface area (Å²) < 4.78 is 13.2. The summed E-state index contributed by atoms with van der Waals surface area (Å²) >= 11 is 5.80. The fourth-order valence-electron chi connectivity index (χ4n) is 2.39. The van der Waals surface area contributed by atoms with E-state index in [0.29, 0.717) is 6.42 Å². The Morgan fingerprint density at radius 1 is 1.05 bits per heavy atom. The molecule has 0 saturated carbocycles. The van der Waals surface area contributed by atoms with Gasteiger partial charge in [0.15, 0.2) is 0 Å². The van der Waals surface area contributed by atoms with E-state index in [-0.39, 0.29) is 18.2 Å². The highest BCUT2D eigenvalue weighted by molar-refractivity contribution is 6.30. The Hall–Kier alpha value is -1.42. The number of aliphatic hydroxyl groups excluding tert-OH is 2. The highest BCUT2D eigenvalue weighted by Crippen LogP contribution is 2.29. The van der Waals surface area contributed by atoms with Crippen LogP contribution in [0.3, 0.4) is 0 Å². The molecule has 0 saturated heterocycles. The molecular weight excluding hydrogens is 291 g/mol. The van der Waals surface area contributed by atoms with Gasteiger partial charge in [-0.2, -0.15) is 0 Å². The summed E-state index contributed by atoms with van der Waals surface area (Å²) in [7, 11) is 0. The molecule has 21 heavy (non-hydrogen) atoms. The molecule has 0 aliphatic heterocycles. The molecule has 2 N–H and O–H groups in total. The molecule has 0 atom stereocenters. The van der Waals surface area contributed by atoms with Gasteiger partial charge in [0.25, 0.3) is 0 Å². The topological polar surface area (TPSA) is 40.5 Å². The van der Waals surface area contributed by atoms with Gasteiger partial charge < -0.3 is 10.2 Å². The summed E-state index contributed by atoms with van der Waals surface area (Å²) in [5.41, 5.74) is 1.91. The molecule has 2 nitrogen and oxygen atoms in total. The summed E-state index contributed by atoms with van der Waals surface area (Å²) in [5.74, 6) is -0.477. The van der Waals surface area contributed by atoms with Crippen molar-refractivity contribution in [1.29, 1.82) is 0 Å². The molecule has 2 aromatic rings. The van der Waals surface area contributed by atoms with Crippen LogP contribution in [0, 0.1) is 12.7 Å². The lowest BCUT2D eigenvalue weighted by Gasteiger charge is -2.31. The van der Waals surface area contributed by atoms with Gasteiger partial charge in [-0.05, 0) is 36.6 Å². The van der Waals surface area contributed by atoms with Crippen LogP contribution < -0.4 is 0 Å². The molecule has 0 radical (unpaired) electrons. The van der Waals surface area contributed by atoms with Crippen molar-refractivity contribution in [3.63, 3.8) is 0 Å². The lowest BCUT2D eigenvalue weighted by atomic mass is 9.76. The van der Waals surface area contributed by atoms with Crippen molar-refractivity contribution >= 4 is 11.6 Å². The van der Waals surface area contributed by atoms with Crippen molar-refractivity contribution in [2.45, 2.75) is 18.8 Å². The molecule has 0 spiro atoms. The van der Waals surface area contributed by atoms with Gasteiger partial charge >= 0.3 is 0 Å². The smallest absolute Gasteiger partial charge is 0.141 e. The van der Waals surface area contributed by atoms with Gasteiger partial charge in [0.05, 0.1) is 18.2 Å². The molecule has 2 rings (SSSR count). The van der Waals surface area contributed by atoms with Gasteiger partial charge in [0, 0.05) is 5.41 Å². The number of rotatable bonds is 5. The molecular formula is C17H18ClFO2. The van der Waals surface area contributed by atoms with E-state index in [1.54, 1.807) is 6.07 Å². The van der Waals surface area contributed by atoms with Gasteiger partial charge in [0.2, 0.25) is 0 Å². The Balaban J connectivity index is 2.37. The van der Waals surface area contributed by atoms with E-state index in [9.17, 15) is 14.6 Å². The minimum absolute atomic E-state index is 0.0428. The molecule has 0 amide bonds. The van der Waals surface area contributed by atoms with Crippen LogP contribution in [0.2, 0.25) is 5.02 Å². The highest BCUT2D eigenvalue weighted by Gasteiger charge is 2.31. The lowest BCUT2D eigenvalue weighted by Crippen LogP contribution is -2.37. The largest absolute Gasteiger partial charge is 0.395 e. The highest BCUT2D eigenvalue weighted by atomic mass is 35.5. The average molecular weight is 309 g/mol. The molecule has 0 unspecified atom stereocenters. The molecule has 0 bridgehead atoms. The van der Waals surface area contributed by atoms with Crippen molar-refractivity contribution in [2.75, 3.05) is 13.2 Å². The van der Waals surface area contributed by atoms with Crippen LogP contribution in [0.15, 0.2) is 42.5 Å². The maximum absolute atomic E-state index is 13.2. The van der Waals surface area contributed by atoms with Crippen LogP contribution in [0.25, 0.3) is 0 Å². The summed E-state index contributed by atoms with van der Waals surface area (Å²) in [6.07, 6.45) is 0.378. The first-order chi connectivity index (χ1) is 10.0. The van der Waals surface area contributed by atoms with Crippen molar-refractivity contribution in [3.05, 3.63) is 70.0 Å². The standard InChI is InChI=1S/C17H18ClFO2/c1-12-2-5-14(6-3-12)17(10-20,11-21)9-13-4-7-16(19)15(18)8-13/h2-8,20-21H,9-11H2,1H3. The van der Waals surface area contributed by atoms with Gasteiger partial charge in [-0.25, -0.2) is 4.39 Å². The number of hydrogen-bond acceptors (Lipinski definition) is 2. The van der Waals surface area contributed by atoms with E-state index in [4.69, 9.17) is 11.6 Å². The third-order valence-corrected chi connectivity index (χ3v) is 4.09. The molecule has 112 valence electrons. The first-order valence-electron chi connectivity index (χ1n) is 6.73. The Kier molecular flexibility index (Phi) is 4.99. The van der Waals surface area contributed by atoms with Crippen LogP contribution in [0.4, 0.5) is 4.39 Å². The summed E-state index contributed by atoms with van der Waals surface area (Å²) in [6, 6.07) is 12.1. The summed E-state index contributed by atoms with van der Waals surface area (Å²) in [4.78, 5) is 0. The van der Waals surface area contributed by atoms with Crippen LogP contribution >= 0.6 is 11.6 Å². The average Bonchev–Trinajstić information content (AvgIpc) is 2.49. The van der Waals surface area contributed by atoms with E-state index in [1.165, 1.54) is 12.1 Å². The molecule has 0 aliphatic rings. The van der Waals surface area contributed by atoms with Crippen molar-refractivity contribution < 1.29 is 14.6 Å². The summed E-state index contributed by atoms with van der Waals surface area (Å²) in [6.45, 7) is 1.56. The Bertz CT molecular complexity index is 607. The zero-order valence-corrected chi connectivity index (χ0v) is 12.6. The second-order valence-corrected chi connectivity index (χ2v) is 5.80. The number of halogens is 2. The maximum atomic E-state index is 13.2. The zero-order valence-electron chi connectivity index (χ0n) is 11.8. The predicted molar refractivity (Wildman–Crippen MR) is 82.1 cm³/mol. The van der Waals surface area contributed by atoms with Crippen molar-refractivity contribution in [1.82, 2.24) is 0 Å². The van der Waals surface area contributed by atoms with Gasteiger partial charge in [-0.15, -0.1) is 0 Å². The molecule has 0 heterocycles. The number of aryl methyl sites for hydroxylation is 1. The third kappa shape index (κ3) is 3.43. The second kappa shape index (κ2) is 6.56. The van der Waals surface area contributed by atoms with Gasteiger partial charge in [0.1, 0.15) is 5.82 Å². The Morgan fingerprint density at radius 3 is 2.19 bits per heavy atom. The monoisotopic (exact) mass is 308 g/mol. The van der Waals surface area contributed by atoms with E-state index in [1.807, 2.05) is 31.2 Å². The van der Waals surface area contributed by atoms with E-state index < -0.39 is 11.2 Å². The Labute approximate surface area is 128 Å². The fourth-order valence-corrected chi connectivity index (χ4v) is 2.60. The molecule has 0 aromatic heterocycles. The third-order valence-electron chi connectivity index (χ3n) is 3.80. The van der Waals surface area contributed by atoms with Crippen molar-refractivity contribution in [3.8, 4) is 0 Å². The van der Waals surface area contributed by atoms with Crippen molar-refractivity contribution in [2.24, 2.45) is 0 Å².